The predicted molar refractivity (Wildman–Crippen MR) is 49.7 cm³/mol. The van der Waals surface area contributed by atoms with Gasteiger partial charge in [0.15, 0.2) is 12.4 Å². The van der Waals surface area contributed by atoms with E-state index < -0.39 is 0 Å². The molecule has 0 saturated carbocycles. The van der Waals surface area contributed by atoms with Gasteiger partial charge in [0.2, 0.25) is 5.52 Å². The third-order valence-corrected chi connectivity index (χ3v) is 1.89. The first kappa shape index (κ1) is 9.93. The largest absolute Gasteiger partial charge is 1.00 e. The SMILES string of the molecule is C=Cc1ccc2cccc[n+]2c1.[Br-]. The van der Waals surface area contributed by atoms with Crippen LogP contribution in [0, 0.1) is 0 Å². The van der Waals surface area contributed by atoms with Crippen LogP contribution in [0.1, 0.15) is 5.56 Å². The van der Waals surface area contributed by atoms with Gasteiger partial charge in [-0.15, -0.1) is 0 Å². The van der Waals surface area contributed by atoms with Crippen LogP contribution in [-0.4, -0.2) is 0 Å². The molecule has 0 N–H and O–H groups in total. The van der Waals surface area contributed by atoms with E-state index >= 15 is 0 Å². The van der Waals surface area contributed by atoms with E-state index in [0.29, 0.717) is 0 Å². The van der Waals surface area contributed by atoms with E-state index in [2.05, 4.69) is 35.4 Å². The van der Waals surface area contributed by atoms with Gasteiger partial charge in [-0.05, 0) is 12.1 Å². The summed E-state index contributed by atoms with van der Waals surface area (Å²) < 4.78 is 2.08. The molecule has 66 valence electrons. The van der Waals surface area contributed by atoms with E-state index in [4.69, 9.17) is 0 Å². The standard InChI is InChI=1S/C11H10N.BrH/c1-2-10-6-7-11-5-3-4-8-12(11)9-10;/h2-9H,1H2;1H/q+1;/p-1. The summed E-state index contributed by atoms with van der Waals surface area (Å²) in [4.78, 5) is 0. The maximum Gasteiger partial charge on any atom is 0.210 e. The molecule has 2 aromatic rings. The predicted octanol–water partition coefficient (Wildman–Crippen LogP) is -0.928. The lowest BCUT2D eigenvalue weighted by molar-refractivity contribution is -0.512. The summed E-state index contributed by atoms with van der Waals surface area (Å²) in [5.41, 5.74) is 2.34. The number of hydrogen-bond acceptors (Lipinski definition) is 0. The Morgan fingerprint density at radius 3 is 2.77 bits per heavy atom. The molecule has 0 atom stereocenters. The molecule has 2 aromatic heterocycles. The van der Waals surface area contributed by atoms with Gasteiger partial charge in [-0.1, -0.05) is 12.7 Å². The molecule has 0 unspecified atom stereocenters. The number of rotatable bonds is 1. The van der Waals surface area contributed by atoms with Gasteiger partial charge < -0.3 is 17.0 Å². The fourth-order valence-electron chi connectivity index (χ4n) is 1.23. The molecule has 0 radical (unpaired) electrons. The highest BCUT2D eigenvalue weighted by Gasteiger charge is 1.98. The van der Waals surface area contributed by atoms with Crippen molar-refractivity contribution in [2.45, 2.75) is 0 Å². The van der Waals surface area contributed by atoms with E-state index in [-0.39, 0.29) is 17.0 Å². The molecule has 0 spiro atoms. The molecule has 0 amide bonds. The lowest BCUT2D eigenvalue weighted by Gasteiger charge is -1.90. The highest BCUT2D eigenvalue weighted by atomic mass is 79.9. The molecule has 2 heterocycles. The van der Waals surface area contributed by atoms with Crippen LogP contribution in [0.15, 0.2) is 49.3 Å². The molecule has 0 bridgehead atoms. The molecule has 1 nitrogen and oxygen atoms in total. The Labute approximate surface area is 88.1 Å². The van der Waals surface area contributed by atoms with Crippen LogP contribution in [0.5, 0.6) is 0 Å². The summed E-state index contributed by atoms with van der Waals surface area (Å²) in [7, 11) is 0. The average Bonchev–Trinajstić information content (AvgIpc) is 2.17. The maximum atomic E-state index is 3.72. The summed E-state index contributed by atoms with van der Waals surface area (Å²) in [6.07, 6.45) is 5.93. The topological polar surface area (TPSA) is 4.10 Å². The van der Waals surface area contributed by atoms with Crippen molar-refractivity contribution in [2.75, 3.05) is 0 Å². The zero-order chi connectivity index (χ0) is 8.39. The fourth-order valence-corrected chi connectivity index (χ4v) is 1.23. The Morgan fingerprint density at radius 2 is 2.00 bits per heavy atom. The fraction of sp³-hybridized carbons (Fsp3) is 0. The van der Waals surface area contributed by atoms with Crippen molar-refractivity contribution in [2.24, 2.45) is 0 Å². The average molecular weight is 236 g/mol. The van der Waals surface area contributed by atoms with Crippen molar-refractivity contribution >= 4 is 11.6 Å². The Hall–Kier alpha value is -1.15. The van der Waals surface area contributed by atoms with Gasteiger partial charge in [0, 0.05) is 23.8 Å². The monoisotopic (exact) mass is 235 g/mol. The highest BCUT2D eigenvalue weighted by Crippen LogP contribution is 2.00. The van der Waals surface area contributed by atoms with Gasteiger partial charge >= 0.3 is 0 Å². The molecule has 2 heteroatoms. The first-order valence-corrected chi connectivity index (χ1v) is 3.92. The second-order valence-corrected chi connectivity index (χ2v) is 2.70. The van der Waals surface area contributed by atoms with Crippen LogP contribution in [-0.2, 0) is 0 Å². The van der Waals surface area contributed by atoms with Crippen LogP contribution in [0.4, 0.5) is 0 Å². The summed E-state index contributed by atoms with van der Waals surface area (Å²) in [6, 6.07) is 10.3. The van der Waals surface area contributed by atoms with Gasteiger partial charge in [-0.25, -0.2) is 0 Å². The molecule has 0 fully saturated rings. The summed E-state index contributed by atoms with van der Waals surface area (Å²) >= 11 is 0. The second-order valence-electron chi connectivity index (χ2n) is 2.70. The zero-order valence-electron chi connectivity index (χ0n) is 7.15. The van der Waals surface area contributed by atoms with Crippen LogP contribution in [0.25, 0.3) is 11.6 Å². The number of hydrogen-bond donors (Lipinski definition) is 0. The van der Waals surface area contributed by atoms with Crippen LogP contribution >= 0.6 is 0 Å². The number of nitrogens with zero attached hydrogens (tertiary/aromatic N) is 1. The zero-order valence-corrected chi connectivity index (χ0v) is 8.74. The molecule has 2 rings (SSSR count). The van der Waals surface area contributed by atoms with Crippen LogP contribution < -0.4 is 21.4 Å². The Bertz CT molecular complexity index is 423. The lowest BCUT2D eigenvalue weighted by Crippen LogP contribution is -3.00. The minimum absolute atomic E-state index is 0. The Kier molecular flexibility index (Phi) is 3.20. The smallest absolute Gasteiger partial charge is 0.210 e. The van der Waals surface area contributed by atoms with Gasteiger partial charge in [0.1, 0.15) is 0 Å². The number of fused-ring (bicyclic) bond motifs is 1. The van der Waals surface area contributed by atoms with Gasteiger partial charge in [0.25, 0.3) is 0 Å². The molecular weight excluding hydrogens is 226 g/mol. The number of aromatic nitrogens is 1. The summed E-state index contributed by atoms with van der Waals surface area (Å²) in [5, 5.41) is 0. The highest BCUT2D eigenvalue weighted by molar-refractivity contribution is 5.48. The van der Waals surface area contributed by atoms with Gasteiger partial charge in [-0.2, -0.15) is 4.40 Å². The summed E-state index contributed by atoms with van der Waals surface area (Å²) in [5.74, 6) is 0. The normalized spacial score (nSPS) is 9.23. The lowest BCUT2D eigenvalue weighted by atomic mass is 10.2. The maximum absolute atomic E-state index is 3.72. The molecule has 13 heavy (non-hydrogen) atoms. The molecule has 0 aliphatic rings. The molecule has 0 aliphatic carbocycles. The van der Waals surface area contributed by atoms with Crippen molar-refractivity contribution in [3.8, 4) is 0 Å². The molecule has 0 aromatic carbocycles. The van der Waals surface area contributed by atoms with Crippen LogP contribution in [0.2, 0.25) is 0 Å². The van der Waals surface area contributed by atoms with Crippen molar-refractivity contribution in [3.63, 3.8) is 0 Å². The Balaban J connectivity index is 0.000000845. The minimum atomic E-state index is 0. The van der Waals surface area contributed by atoms with Crippen LogP contribution in [0.3, 0.4) is 0 Å². The number of halogens is 1. The first-order valence-electron chi connectivity index (χ1n) is 3.92. The molecular formula is C11H10BrN. The quantitative estimate of drug-likeness (QED) is 0.563. The third kappa shape index (κ3) is 1.95. The van der Waals surface area contributed by atoms with Crippen molar-refractivity contribution in [1.29, 1.82) is 0 Å². The number of pyridine rings is 2. The van der Waals surface area contributed by atoms with E-state index in [0.717, 1.165) is 5.56 Å². The first-order chi connectivity index (χ1) is 5.90. The molecule has 0 saturated heterocycles. The minimum Gasteiger partial charge on any atom is -1.00 e. The van der Waals surface area contributed by atoms with Gasteiger partial charge in [-0.3, -0.25) is 0 Å². The van der Waals surface area contributed by atoms with Gasteiger partial charge in [0.05, 0.1) is 0 Å². The van der Waals surface area contributed by atoms with E-state index in [1.54, 1.807) is 0 Å². The van der Waals surface area contributed by atoms with Crippen molar-refractivity contribution < 1.29 is 21.4 Å². The van der Waals surface area contributed by atoms with E-state index in [1.807, 2.05) is 24.4 Å². The van der Waals surface area contributed by atoms with E-state index in [1.165, 1.54) is 5.52 Å². The third-order valence-electron chi connectivity index (χ3n) is 1.89. The Morgan fingerprint density at radius 1 is 1.15 bits per heavy atom. The van der Waals surface area contributed by atoms with Crippen molar-refractivity contribution in [1.82, 2.24) is 0 Å². The van der Waals surface area contributed by atoms with E-state index in [9.17, 15) is 0 Å². The second kappa shape index (κ2) is 4.19. The summed E-state index contributed by atoms with van der Waals surface area (Å²) in [6.45, 7) is 3.72. The molecule has 0 aliphatic heterocycles. The van der Waals surface area contributed by atoms with Crippen molar-refractivity contribution in [3.05, 3.63) is 54.9 Å².